The fourth-order valence-electron chi connectivity index (χ4n) is 3.04. The van der Waals surface area contributed by atoms with Crippen LogP contribution in [-0.2, 0) is 4.79 Å². The minimum absolute atomic E-state index is 0.0511. The molecular formula is C20H19FN2O2. The smallest absolute Gasteiger partial charge is 0.251 e. The van der Waals surface area contributed by atoms with Crippen molar-refractivity contribution in [2.24, 2.45) is 5.92 Å². The molecule has 2 amide bonds. The molecule has 2 aliphatic rings. The Morgan fingerprint density at radius 1 is 1.00 bits per heavy atom. The molecule has 5 heteroatoms. The predicted molar refractivity (Wildman–Crippen MR) is 92.8 cm³/mol. The van der Waals surface area contributed by atoms with Crippen LogP contribution in [0.15, 0.2) is 48.5 Å². The molecule has 0 radical (unpaired) electrons. The molecule has 2 atom stereocenters. The number of carbonyl (C=O) groups is 2. The minimum Gasteiger partial charge on any atom is -0.349 e. The summed E-state index contributed by atoms with van der Waals surface area (Å²) < 4.78 is 13.8. The number of rotatable bonds is 5. The van der Waals surface area contributed by atoms with Crippen LogP contribution in [0.5, 0.6) is 0 Å². The van der Waals surface area contributed by atoms with Gasteiger partial charge in [-0.25, -0.2) is 4.39 Å². The highest BCUT2D eigenvalue weighted by Crippen LogP contribution is 2.48. The van der Waals surface area contributed by atoms with E-state index in [4.69, 9.17) is 0 Å². The van der Waals surface area contributed by atoms with Crippen LogP contribution in [0.25, 0.3) is 0 Å². The number of hydrogen-bond donors (Lipinski definition) is 2. The molecule has 128 valence electrons. The Morgan fingerprint density at radius 2 is 1.72 bits per heavy atom. The molecule has 0 aromatic heterocycles. The summed E-state index contributed by atoms with van der Waals surface area (Å²) in [5.74, 6) is -0.695. The largest absolute Gasteiger partial charge is 0.349 e. The van der Waals surface area contributed by atoms with Gasteiger partial charge in [0.1, 0.15) is 5.82 Å². The lowest BCUT2D eigenvalue weighted by molar-refractivity contribution is -0.117. The number of halogens is 1. The molecule has 0 bridgehead atoms. The molecule has 4 nitrogen and oxygen atoms in total. The van der Waals surface area contributed by atoms with Crippen molar-refractivity contribution in [3.05, 3.63) is 65.5 Å². The molecular weight excluding hydrogens is 319 g/mol. The average Bonchev–Trinajstić information content (AvgIpc) is 3.51. The van der Waals surface area contributed by atoms with Gasteiger partial charge in [-0.1, -0.05) is 18.2 Å². The van der Waals surface area contributed by atoms with E-state index in [1.165, 1.54) is 6.07 Å². The van der Waals surface area contributed by atoms with Gasteiger partial charge in [0.15, 0.2) is 0 Å². The topological polar surface area (TPSA) is 58.2 Å². The highest BCUT2D eigenvalue weighted by atomic mass is 19.1. The van der Waals surface area contributed by atoms with Crippen LogP contribution >= 0.6 is 0 Å². The van der Waals surface area contributed by atoms with E-state index in [0.717, 1.165) is 12.8 Å². The summed E-state index contributed by atoms with van der Waals surface area (Å²) in [5, 5.41) is 5.78. The van der Waals surface area contributed by atoms with Crippen molar-refractivity contribution in [2.45, 2.75) is 31.2 Å². The zero-order chi connectivity index (χ0) is 17.4. The third-order valence-electron chi connectivity index (χ3n) is 4.76. The second-order valence-corrected chi connectivity index (χ2v) is 6.78. The van der Waals surface area contributed by atoms with E-state index < -0.39 is 0 Å². The SMILES string of the molecule is O=C(NC1CC1)c1ccc(NC(=O)C2CC2c2ccccc2F)cc1. The van der Waals surface area contributed by atoms with Crippen LogP contribution in [0.4, 0.5) is 10.1 Å². The van der Waals surface area contributed by atoms with Gasteiger partial charge in [-0.15, -0.1) is 0 Å². The Labute approximate surface area is 145 Å². The first-order chi connectivity index (χ1) is 12.1. The minimum atomic E-state index is -0.256. The van der Waals surface area contributed by atoms with Gasteiger partial charge in [-0.3, -0.25) is 9.59 Å². The summed E-state index contributed by atoms with van der Waals surface area (Å²) in [6.07, 6.45) is 2.75. The predicted octanol–water partition coefficient (Wildman–Crippen LogP) is 3.46. The number of carbonyl (C=O) groups excluding carboxylic acids is 2. The van der Waals surface area contributed by atoms with Crippen molar-refractivity contribution in [3.8, 4) is 0 Å². The van der Waals surface area contributed by atoms with E-state index in [1.807, 2.05) is 0 Å². The third-order valence-corrected chi connectivity index (χ3v) is 4.76. The van der Waals surface area contributed by atoms with E-state index >= 15 is 0 Å². The lowest BCUT2D eigenvalue weighted by atomic mass is 10.1. The van der Waals surface area contributed by atoms with E-state index in [9.17, 15) is 14.0 Å². The van der Waals surface area contributed by atoms with Gasteiger partial charge >= 0.3 is 0 Å². The third kappa shape index (κ3) is 3.55. The van der Waals surface area contributed by atoms with Crippen molar-refractivity contribution < 1.29 is 14.0 Å². The van der Waals surface area contributed by atoms with Gasteiger partial charge in [-0.05, 0) is 61.1 Å². The second-order valence-electron chi connectivity index (χ2n) is 6.78. The van der Waals surface area contributed by atoms with Crippen LogP contribution < -0.4 is 10.6 Å². The standard InChI is InChI=1S/C20H19FN2O2/c21-18-4-2-1-3-15(18)16-11-17(16)20(25)23-13-7-5-12(6-8-13)19(24)22-14-9-10-14/h1-8,14,16-17H,9-11H2,(H,22,24)(H,23,25). The maximum Gasteiger partial charge on any atom is 0.251 e. The van der Waals surface area contributed by atoms with Gasteiger partial charge in [0, 0.05) is 23.2 Å². The fourth-order valence-corrected chi connectivity index (χ4v) is 3.04. The first-order valence-electron chi connectivity index (χ1n) is 8.58. The molecule has 0 heterocycles. The molecule has 0 spiro atoms. The molecule has 25 heavy (non-hydrogen) atoms. The quantitative estimate of drug-likeness (QED) is 0.877. The molecule has 0 saturated heterocycles. The Morgan fingerprint density at radius 3 is 2.40 bits per heavy atom. The van der Waals surface area contributed by atoms with E-state index in [-0.39, 0.29) is 29.5 Å². The van der Waals surface area contributed by atoms with Crippen LogP contribution in [0.2, 0.25) is 0 Å². The van der Waals surface area contributed by atoms with E-state index in [0.29, 0.717) is 29.3 Å². The summed E-state index contributed by atoms with van der Waals surface area (Å²) >= 11 is 0. The van der Waals surface area contributed by atoms with E-state index in [1.54, 1.807) is 42.5 Å². The Hall–Kier alpha value is -2.69. The van der Waals surface area contributed by atoms with Gasteiger partial charge < -0.3 is 10.6 Å². The summed E-state index contributed by atoms with van der Waals surface area (Å²) in [7, 11) is 0. The highest BCUT2D eigenvalue weighted by molar-refractivity contribution is 5.97. The molecule has 2 aromatic rings. The van der Waals surface area contributed by atoms with Crippen molar-refractivity contribution in [2.75, 3.05) is 5.32 Å². The van der Waals surface area contributed by atoms with Crippen molar-refractivity contribution in [1.29, 1.82) is 0 Å². The summed E-state index contributed by atoms with van der Waals surface area (Å²) in [5.41, 5.74) is 1.84. The van der Waals surface area contributed by atoms with Crippen LogP contribution in [-0.4, -0.2) is 17.9 Å². The van der Waals surface area contributed by atoms with Gasteiger partial charge in [-0.2, -0.15) is 0 Å². The zero-order valence-electron chi connectivity index (χ0n) is 13.7. The first-order valence-corrected chi connectivity index (χ1v) is 8.58. The zero-order valence-corrected chi connectivity index (χ0v) is 13.7. The molecule has 2 N–H and O–H groups in total. The van der Waals surface area contributed by atoms with Crippen molar-refractivity contribution in [1.82, 2.24) is 5.32 Å². The summed E-state index contributed by atoms with van der Waals surface area (Å²) in [4.78, 5) is 24.3. The molecule has 2 unspecified atom stereocenters. The Bertz CT molecular complexity index is 815. The van der Waals surface area contributed by atoms with Gasteiger partial charge in [0.05, 0.1) is 0 Å². The number of benzene rings is 2. The summed E-state index contributed by atoms with van der Waals surface area (Å²) in [6.45, 7) is 0. The molecule has 2 aromatic carbocycles. The molecule has 4 rings (SSSR count). The summed E-state index contributed by atoms with van der Waals surface area (Å²) in [6, 6.07) is 13.8. The van der Waals surface area contributed by atoms with Gasteiger partial charge in [0.2, 0.25) is 5.91 Å². The molecule has 2 fully saturated rings. The highest BCUT2D eigenvalue weighted by Gasteiger charge is 2.45. The van der Waals surface area contributed by atoms with E-state index in [2.05, 4.69) is 10.6 Å². The van der Waals surface area contributed by atoms with Crippen LogP contribution in [0.3, 0.4) is 0 Å². The molecule has 0 aliphatic heterocycles. The lowest BCUT2D eigenvalue weighted by Crippen LogP contribution is -2.25. The number of anilines is 1. The number of nitrogens with one attached hydrogen (secondary N) is 2. The van der Waals surface area contributed by atoms with Crippen LogP contribution in [0.1, 0.15) is 41.1 Å². The Kier molecular flexibility index (Phi) is 3.99. The van der Waals surface area contributed by atoms with Crippen LogP contribution in [0, 0.1) is 11.7 Å². The first kappa shape index (κ1) is 15.8. The fraction of sp³-hybridized carbons (Fsp3) is 0.300. The normalized spacial score (nSPS) is 21.5. The van der Waals surface area contributed by atoms with Crippen molar-refractivity contribution in [3.63, 3.8) is 0 Å². The number of hydrogen-bond acceptors (Lipinski definition) is 2. The maximum atomic E-state index is 13.8. The van der Waals surface area contributed by atoms with Gasteiger partial charge in [0.25, 0.3) is 5.91 Å². The van der Waals surface area contributed by atoms with Crippen molar-refractivity contribution >= 4 is 17.5 Å². The monoisotopic (exact) mass is 338 g/mol. The lowest BCUT2D eigenvalue weighted by Gasteiger charge is -2.07. The second kappa shape index (κ2) is 6.31. The molecule has 2 saturated carbocycles. The average molecular weight is 338 g/mol. The number of amides is 2. The Balaban J connectivity index is 1.35. The maximum absolute atomic E-state index is 13.8. The molecule has 2 aliphatic carbocycles.